The van der Waals surface area contributed by atoms with E-state index in [2.05, 4.69) is 69.3 Å². The molecule has 0 heterocycles. The van der Waals surface area contributed by atoms with Crippen LogP contribution in [0.25, 0.3) is 0 Å². The summed E-state index contributed by atoms with van der Waals surface area (Å²) in [5.41, 5.74) is 3.82. The highest BCUT2D eigenvalue weighted by atomic mass is 19.1. The van der Waals surface area contributed by atoms with Crippen LogP contribution in [-0.2, 0) is 4.74 Å². The highest BCUT2D eigenvalue weighted by Gasteiger charge is 2.09. The highest BCUT2D eigenvalue weighted by molar-refractivity contribution is 5.35. The van der Waals surface area contributed by atoms with E-state index in [0.717, 1.165) is 38.5 Å². The van der Waals surface area contributed by atoms with E-state index in [1.807, 2.05) is 19.2 Å². The van der Waals surface area contributed by atoms with Gasteiger partial charge < -0.3 is 10.1 Å². The lowest BCUT2D eigenvalue weighted by molar-refractivity contribution is 0.195. The molecular formula is C32H45F2NO. The average Bonchev–Trinajstić information content (AvgIpc) is 2.84. The quantitative estimate of drug-likeness (QED) is 0.121. The Balaban J connectivity index is 0.00000128. The number of allylic oxidation sites excluding steroid dienone is 8. The predicted molar refractivity (Wildman–Crippen MR) is 152 cm³/mol. The molecule has 0 amide bonds. The van der Waals surface area contributed by atoms with Crippen molar-refractivity contribution in [1.82, 2.24) is 5.32 Å². The van der Waals surface area contributed by atoms with Gasteiger partial charge >= 0.3 is 0 Å². The van der Waals surface area contributed by atoms with Gasteiger partial charge in [0.15, 0.2) is 0 Å². The first kappa shape index (κ1) is 33.3. The van der Waals surface area contributed by atoms with E-state index in [9.17, 15) is 8.78 Å². The summed E-state index contributed by atoms with van der Waals surface area (Å²) in [7, 11) is 3.75. The van der Waals surface area contributed by atoms with Gasteiger partial charge in [-0.05, 0) is 86.9 Å². The minimum Gasteiger partial charge on any atom is -0.385 e. The van der Waals surface area contributed by atoms with Crippen LogP contribution in [0.3, 0.4) is 0 Å². The molecular weight excluding hydrogens is 452 g/mol. The molecule has 0 saturated heterocycles. The van der Waals surface area contributed by atoms with Crippen molar-refractivity contribution in [2.75, 3.05) is 27.3 Å². The van der Waals surface area contributed by atoms with Crippen LogP contribution in [-0.4, -0.2) is 27.3 Å². The van der Waals surface area contributed by atoms with E-state index < -0.39 is 11.6 Å². The molecule has 1 aromatic carbocycles. The number of nitrogens with one attached hydrogen (secondary N) is 1. The Morgan fingerprint density at radius 1 is 1.17 bits per heavy atom. The molecule has 0 aliphatic carbocycles. The normalized spacial score (nSPS) is 13.6. The third kappa shape index (κ3) is 16.8. The molecule has 36 heavy (non-hydrogen) atoms. The minimum absolute atomic E-state index is 0.327. The second-order valence-electron chi connectivity index (χ2n) is 8.73. The van der Waals surface area contributed by atoms with Crippen molar-refractivity contribution in [2.45, 2.75) is 52.9 Å². The van der Waals surface area contributed by atoms with Crippen LogP contribution in [0, 0.1) is 35.3 Å². The van der Waals surface area contributed by atoms with Crippen molar-refractivity contribution >= 4 is 0 Å². The number of benzene rings is 1. The number of rotatable bonds is 14. The van der Waals surface area contributed by atoms with Crippen LogP contribution in [0.2, 0.25) is 0 Å². The van der Waals surface area contributed by atoms with E-state index in [0.29, 0.717) is 11.8 Å². The molecule has 0 saturated carbocycles. The molecule has 0 radical (unpaired) electrons. The number of hydrogen-bond acceptors (Lipinski definition) is 2. The number of hydrogen-bond donors (Lipinski definition) is 1. The Morgan fingerprint density at radius 2 is 1.86 bits per heavy atom. The van der Waals surface area contributed by atoms with Crippen LogP contribution in [0.1, 0.15) is 52.9 Å². The number of halogens is 2. The molecule has 0 spiro atoms. The zero-order valence-corrected chi connectivity index (χ0v) is 22.9. The topological polar surface area (TPSA) is 21.3 Å². The molecule has 4 heteroatoms. The first-order valence-electron chi connectivity index (χ1n) is 12.6. The van der Waals surface area contributed by atoms with Crippen LogP contribution in [0.4, 0.5) is 8.78 Å². The predicted octanol–water partition coefficient (Wildman–Crippen LogP) is 8.21. The molecule has 198 valence electrons. The third-order valence-electron chi connectivity index (χ3n) is 5.48. The summed E-state index contributed by atoms with van der Waals surface area (Å²) in [6.45, 7) is 16.2. The van der Waals surface area contributed by atoms with Crippen molar-refractivity contribution in [2.24, 2.45) is 11.8 Å². The summed E-state index contributed by atoms with van der Waals surface area (Å²) in [6.07, 6.45) is 15.7. The summed E-state index contributed by atoms with van der Waals surface area (Å²) in [5.74, 6) is 6.25. The van der Waals surface area contributed by atoms with Gasteiger partial charge in [0.2, 0.25) is 0 Å². The molecule has 1 N–H and O–H groups in total. The Kier molecular flexibility index (Phi) is 19.9. The summed E-state index contributed by atoms with van der Waals surface area (Å²) >= 11 is 0. The molecule has 0 aliphatic rings. The maximum absolute atomic E-state index is 11.9. The van der Waals surface area contributed by atoms with Crippen LogP contribution in [0.15, 0.2) is 84.5 Å². The molecule has 2 atom stereocenters. The van der Waals surface area contributed by atoms with Gasteiger partial charge in [0.25, 0.3) is 0 Å². The van der Waals surface area contributed by atoms with E-state index in [1.54, 1.807) is 7.11 Å². The molecule has 0 bridgehead atoms. The smallest absolute Gasteiger partial charge is 0.126 e. The van der Waals surface area contributed by atoms with Gasteiger partial charge in [0.1, 0.15) is 11.6 Å². The third-order valence-corrected chi connectivity index (χ3v) is 5.48. The molecule has 1 rings (SSSR count). The zero-order chi connectivity index (χ0) is 27.2. The van der Waals surface area contributed by atoms with Crippen LogP contribution in [0.5, 0.6) is 0 Å². The van der Waals surface area contributed by atoms with E-state index in [-0.39, 0.29) is 0 Å². The lowest BCUT2D eigenvalue weighted by Gasteiger charge is -2.16. The zero-order valence-electron chi connectivity index (χ0n) is 22.9. The van der Waals surface area contributed by atoms with Gasteiger partial charge in [-0.3, -0.25) is 0 Å². The highest BCUT2D eigenvalue weighted by Crippen LogP contribution is 2.23. The molecule has 0 aliphatic heterocycles. The van der Waals surface area contributed by atoms with Crippen molar-refractivity contribution in [3.8, 4) is 11.8 Å². The van der Waals surface area contributed by atoms with E-state index in [4.69, 9.17) is 4.74 Å². The lowest BCUT2D eigenvalue weighted by atomic mass is 9.90. The number of methoxy groups -OCH3 is 1. The van der Waals surface area contributed by atoms with Crippen molar-refractivity contribution in [3.05, 3.63) is 96.2 Å². The largest absolute Gasteiger partial charge is 0.385 e. The van der Waals surface area contributed by atoms with Gasteiger partial charge in [-0.15, -0.1) is 6.58 Å². The van der Waals surface area contributed by atoms with Crippen molar-refractivity contribution < 1.29 is 13.5 Å². The fourth-order valence-corrected chi connectivity index (χ4v) is 3.46. The summed E-state index contributed by atoms with van der Waals surface area (Å²) in [6, 6.07) is 4.55. The second-order valence-corrected chi connectivity index (χ2v) is 8.73. The molecule has 1 aromatic rings. The first-order chi connectivity index (χ1) is 17.3. The molecule has 2 nitrogen and oxygen atoms in total. The van der Waals surface area contributed by atoms with Crippen LogP contribution >= 0.6 is 0 Å². The lowest BCUT2D eigenvalue weighted by Crippen LogP contribution is -2.10. The SMILES string of the molecule is C=CCC#C/C(=C/C(C)/C=C\C(=C(\C)C=C)[C@@H](C)CCCNC)CCCOC.Fc1cccc(F)c1. The monoisotopic (exact) mass is 497 g/mol. The summed E-state index contributed by atoms with van der Waals surface area (Å²) in [5, 5.41) is 3.23. The maximum atomic E-state index is 11.9. The first-order valence-corrected chi connectivity index (χ1v) is 12.6. The summed E-state index contributed by atoms with van der Waals surface area (Å²) in [4.78, 5) is 0. The van der Waals surface area contributed by atoms with Gasteiger partial charge in [-0.25, -0.2) is 8.78 Å². The maximum Gasteiger partial charge on any atom is 0.126 e. The summed E-state index contributed by atoms with van der Waals surface area (Å²) < 4.78 is 29.0. The Hall–Kier alpha value is -2.74. The standard InChI is InChI=1S/C26H41NO.C6H4F2/c1-8-10-11-15-25(16-13-20-28-7)21-22(3)17-18-26(23(4)9-2)24(5)14-12-19-27-6;7-5-2-1-3-6(8)4-5/h8-9,17-18,21-22,24,27H,1-2,10,12-14,16,19-20H2,3-7H3;1-4H/b18-17-,25-21-,26-23+;/t22?,24-;/m0./s1. The minimum atomic E-state index is -0.537. The van der Waals surface area contributed by atoms with Crippen molar-refractivity contribution in [3.63, 3.8) is 0 Å². The van der Waals surface area contributed by atoms with E-state index >= 15 is 0 Å². The Morgan fingerprint density at radius 3 is 2.39 bits per heavy atom. The molecule has 1 unspecified atom stereocenters. The number of ether oxygens (including phenoxy) is 1. The Labute approximate surface area is 218 Å². The van der Waals surface area contributed by atoms with Crippen LogP contribution < -0.4 is 5.32 Å². The second kappa shape index (κ2) is 21.5. The van der Waals surface area contributed by atoms with Crippen molar-refractivity contribution in [1.29, 1.82) is 0 Å². The fourth-order valence-electron chi connectivity index (χ4n) is 3.46. The van der Waals surface area contributed by atoms with Gasteiger partial charge in [0.05, 0.1) is 0 Å². The molecule has 0 aromatic heterocycles. The van der Waals surface area contributed by atoms with Gasteiger partial charge in [0, 0.05) is 26.2 Å². The van der Waals surface area contributed by atoms with E-state index in [1.165, 1.54) is 47.8 Å². The molecule has 0 fully saturated rings. The van der Waals surface area contributed by atoms with Gasteiger partial charge in [-0.2, -0.15) is 0 Å². The Bertz CT molecular complexity index is 900. The average molecular weight is 498 g/mol. The van der Waals surface area contributed by atoms with Gasteiger partial charge in [-0.1, -0.05) is 68.7 Å². The fraction of sp³-hybridized carbons (Fsp3) is 0.438.